The van der Waals surface area contributed by atoms with E-state index in [4.69, 9.17) is 23.2 Å². The molecule has 0 aliphatic heterocycles. The summed E-state index contributed by atoms with van der Waals surface area (Å²) in [5.74, 6) is 0.392. The number of rotatable bonds is 4. The van der Waals surface area contributed by atoms with E-state index in [1.807, 2.05) is 24.3 Å². The number of pyridine rings is 1. The van der Waals surface area contributed by atoms with Gasteiger partial charge in [-0.25, -0.2) is 4.98 Å². The van der Waals surface area contributed by atoms with Gasteiger partial charge < -0.3 is 5.32 Å². The SMILES string of the molecule is O=C(CCc1ccccc1Cl)Nc1ccc(Cl)cn1. The summed E-state index contributed by atoms with van der Waals surface area (Å²) in [6, 6.07) is 10.8. The van der Waals surface area contributed by atoms with Crippen molar-refractivity contribution >= 4 is 34.9 Å². The van der Waals surface area contributed by atoms with Crippen molar-refractivity contribution in [2.45, 2.75) is 12.8 Å². The first kappa shape index (κ1) is 13.8. The second-order valence-electron chi connectivity index (χ2n) is 4.00. The average molecular weight is 295 g/mol. The Bertz CT molecular complexity index is 570. The predicted molar refractivity (Wildman–Crippen MR) is 77.6 cm³/mol. The molecule has 1 heterocycles. The number of aromatic nitrogens is 1. The number of benzene rings is 1. The van der Waals surface area contributed by atoms with E-state index in [9.17, 15) is 4.79 Å². The van der Waals surface area contributed by atoms with Crippen LogP contribution in [0.2, 0.25) is 10.0 Å². The lowest BCUT2D eigenvalue weighted by atomic mass is 10.1. The van der Waals surface area contributed by atoms with E-state index in [0.29, 0.717) is 28.7 Å². The minimum absolute atomic E-state index is 0.102. The van der Waals surface area contributed by atoms with Gasteiger partial charge in [-0.3, -0.25) is 4.79 Å². The van der Waals surface area contributed by atoms with Crippen molar-refractivity contribution in [3.05, 3.63) is 58.2 Å². The van der Waals surface area contributed by atoms with Crippen LogP contribution in [0.5, 0.6) is 0 Å². The summed E-state index contributed by atoms with van der Waals surface area (Å²) in [6.07, 6.45) is 2.44. The van der Waals surface area contributed by atoms with Crippen LogP contribution in [-0.4, -0.2) is 10.9 Å². The van der Waals surface area contributed by atoms with Gasteiger partial charge in [0.2, 0.25) is 5.91 Å². The van der Waals surface area contributed by atoms with E-state index in [1.165, 1.54) is 6.20 Å². The molecule has 2 rings (SSSR count). The zero-order chi connectivity index (χ0) is 13.7. The van der Waals surface area contributed by atoms with Crippen LogP contribution in [0.15, 0.2) is 42.6 Å². The normalized spacial score (nSPS) is 10.2. The smallest absolute Gasteiger partial charge is 0.225 e. The molecule has 0 spiro atoms. The molecule has 1 amide bonds. The minimum Gasteiger partial charge on any atom is -0.311 e. The first-order valence-corrected chi connectivity index (χ1v) is 6.55. The summed E-state index contributed by atoms with van der Waals surface area (Å²) in [5.41, 5.74) is 0.961. The third kappa shape index (κ3) is 4.23. The van der Waals surface area contributed by atoms with Gasteiger partial charge in [0.25, 0.3) is 0 Å². The molecule has 5 heteroatoms. The highest BCUT2D eigenvalue weighted by atomic mass is 35.5. The molecule has 1 N–H and O–H groups in total. The summed E-state index contributed by atoms with van der Waals surface area (Å²) >= 11 is 11.7. The molecule has 1 aromatic carbocycles. The van der Waals surface area contributed by atoms with Gasteiger partial charge in [0.05, 0.1) is 5.02 Å². The van der Waals surface area contributed by atoms with E-state index in [-0.39, 0.29) is 5.91 Å². The maximum absolute atomic E-state index is 11.8. The zero-order valence-electron chi connectivity index (χ0n) is 10.1. The lowest BCUT2D eigenvalue weighted by molar-refractivity contribution is -0.116. The molecule has 0 fully saturated rings. The maximum atomic E-state index is 11.8. The Balaban J connectivity index is 1.88. The van der Waals surface area contributed by atoms with Crippen LogP contribution in [0.3, 0.4) is 0 Å². The topological polar surface area (TPSA) is 42.0 Å². The number of nitrogens with one attached hydrogen (secondary N) is 1. The fourth-order valence-electron chi connectivity index (χ4n) is 1.60. The van der Waals surface area contributed by atoms with Gasteiger partial charge in [-0.1, -0.05) is 41.4 Å². The van der Waals surface area contributed by atoms with Crippen LogP contribution >= 0.6 is 23.2 Å². The molecule has 0 radical (unpaired) electrons. The van der Waals surface area contributed by atoms with Crippen molar-refractivity contribution in [3.8, 4) is 0 Å². The van der Waals surface area contributed by atoms with Crippen LogP contribution in [0.25, 0.3) is 0 Å². The Labute approximate surface area is 121 Å². The van der Waals surface area contributed by atoms with Crippen LogP contribution in [0.4, 0.5) is 5.82 Å². The van der Waals surface area contributed by atoms with Crippen molar-refractivity contribution in [1.82, 2.24) is 4.98 Å². The minimum atomic E-state index is -0.102. The van der Waals surface area contributed by atoms with Crippen LogP contribution < -0.4 is 5.32 Å². The summed E-state index contributed by atoms with van der Waals surface area (Å²) in [7, 11) is 0. The molecule has 98 valence electrons. The molecule has 0 bridgehead atoms. The van der Waals surface area contributed by atoms with Crippen molar-refractivity contribution in [2.24, 2.45) is 0 Å². The standard InChI is InChI=1S/C14H12Cl2N2O/c15-11-6-7-13(17-9-11)18-14(19)8-5-10-3-1-2-4-12(10)16/h1-4,6-7,9H,5,8H2,(H,17,18,19). The number of amides is 1. The Morgan fingerprint density at radius 3 is 2.63 bits per heavy atom. The fourth-order valence-corrected chi connectivity index (χ4v) is 1.95. The lowest BCUT2D eigenvalue weighted by Gasteiger charge is -2.05. The Kier molecular flexibility index (Phi) is 4.77. The largest absolute Gasteiger partial charge is 0.311 e. The summed E-state index contributed by atoms with van der Waals surface area (Å²) in [5, 5.41) is 3.92. The maximum Gasteiger partial charge on any atom is 0.225 e. The molecule has 0 unspecified atom stereocenters. The molecule has 1 aromatic heterocycles. The summed E-state index contributed by atoms with van der Waals surface area (Å²) in [6.45, 7) is 0. The van der Waals surface area contributed by atoms with E-state index >= 15 is 0 Å². The van der Waals surface area contributed by atoms with Crippen molar-refractivity contribution in [1.29, 1.82) is 0 Å². The average Bonchev–Trinajstić information content (AvgIpc) is 2.40. The number of nitrogens with zero attached hydrogens (tertiary/aromatic N) is 1. The molecule has 0 saturated heterocycles. The second kappa shape index (κ2) is 6.55. The van der Waals surface area contributed by atoms with Gasteiger partial charge in [-0.15, -0.1) is 0 Å². The van der Waals surface area contributed by atoms with Gasteiger partial charge in [0.1, 0.15) is 5.82 Å². The fraction of sp³-hybridized carbons (Fsp3) is 0.143. The Morgan fingerprint density at radius 2 is 1.95 bits per heavy atom. The lowest BCUT2D eigenvalue weighted by Crippen LogP contribution is -2.13. The number of carbonyl (C=O) groups excluding carboxylic acids is 1. The molecular weight excluding hydrogens is 283 g/mol. The van der Waals surface area contributed by atoms with E-state index in [0.717, 1.165) is 5.56 Å². The Hall–Kier alpha value is -1.58. The summed E-state index contributed by atoms with van der Waals surface area (Å²) in [4.78, 5) is 15.8. The van der Waals surface area contributed by atoms with E-state index < -0.39 is 0 Å². The number of aryl methyl sites for hydroxylation is 1. The Morgan fingerprint density at radius 1 is 1.16 bits per heavy atom. The highest BCUT2D eigenvalue weighted by molar-refractivity contribution is 6.31. The molecule has 3 nitrogen and oxygen atoms in total. The molecule has 0 aliphatic carbocycles. The van der Waals surface area contributed by atoms with Gasteiger partial charge in [-0.05, 0) is 30.2 Å². The first-order chi connectivity index (χ1) is 9.15. The van der Waals surface area contributed by atoms with Crippen LogP contribution in [-0.2, 0) is 11.2 Å². The second-order valence-corrected chi connectivity index (χ2v) is 4.84. The number of anilines is 1. The van der Waals surface area contributed by atoms with Crippen LogP contribution in [0, 0.1) is 0 Å². The number of hydrogen-bond acceptors (Lipinski definition) is 2. The molecule has 0 atom stereocenters. The van der Waals surface area contributed by atoms with E-state index in [1.54, 1.807) is 12.1 Å². The van der Waals surface area contributed by atoms with Gasteiger partial charge in [0, 0.05) is 17.6 Å². The van der Waals surface area contributed by atoms with Crippen LogP contribution in [0.1, 0.15) is 12.0 Å². The van der Waals surface area contributed by atoms with Crippen molar-refractivity contribution < 1.29 is 4.79 Å². The zero-order valence-corrected chi connectivity index (χ0v) is 11.6. The third-order valence-electron chi connectivity index (χ3n) is 2.57. The van der Waals surface area contributed by atoms with E-state index in [2.05, 4.69) is 10.3 Å². The quantitative estimate of drug-likeness (QED) is 0.927. The number of halogens is 2. The van der Waals surface area contributed by atoms with Gasteiger partial charge >= 0.3 is 0 Å². The molecule has 0 saturated carbocycles. The van der Waals surface area contributed by atoms with Gasteiger partial charge in [0.15, 0.2) is 0 Å². The van der Waals surface area contributed by atoms with Gasteiger partial charge in [-0.2, -0.15) is 0 Å². The van der Waals surface area contributed by atoms with Crippen molar-refractivity contribution in [2.75, 3.05) is 5.32 Å². The molecular formula is C14H12Cl2N2O. The predicted octanol–water partition coefficient (Wildman–Crippen LogP) is 3.96. The molecule has 2 aromatic rings. The number of carbonyl (C=O) groups is 1. The highest BCUT2D eigenvalue weighted by Gasteiger charge is 2.05. The monoisotopic (exact) mass is 294 g/mol. The molecule has 0 aliphatic rings. The van der Waals surface area contributed by atoms with Crippen molar-refractivity contribution in [3.63, 3.8) is 0 Å². The highest BCUT2D eigenvalue weighted by Crippen LogP contribution is 2.17. The molecule has 19 heavy (non-hydrogen) atoms. The third-order valence-corrected chi connectivity index (χ3v) is 3.17. The first-order valence-electron chi connectivity index (χ1n) is 5.80. The number of hydrogen-bond donors (Lipinski definition) is 1. The summed E-state index contributed by atoms with van der Waals surface area (Å²) < 4.78 is 0.